The van der Waals surface area contributed by atoms with Crippen LogP contribution in [0.5, 0.6) is 0 Å². The molecule has 0 radical (unpaired) electrons. The molecule has 0 saturated heterocycles. The van der Waals surface area contributed by atoms with Crippen LogP contribution in [-0.4, -0.2) is 19.6 Å². The molecule has 0 aliphatic carbocycles. The van der Waals surface area contributed by atoms with Gasteiger partial charge in [-0.05, 0) is 24.6 Å². The van der Waals surface area contributed by atoms with Crippen LogP contribution in [0.4, 0.5) is 13.2 Å². The third-order valence-corrected chi connectivity index (χ3v) is 3.22. The highest BCUT2D eigenvalue weighted by atomic mass is 19.4. The van der Waals surface area contributed by atoms with E-state index in [0.717, 1.165) is 18.6 Å². The Balaban J connectivity index is 2.38. The molecule has 0 saturated carbocycles. The first-order valence-corrected chi connectivity index (χ1v) is 6.39. The van der Waals surface area contributed by atoms with E-state index in [1.54, 1.807) is 0 Å². The van der Waals surface area contributed by atoms with Crippen molar-refractivity contribution in [3.05, 3.63) is 39.9 Å². The van der Waals surface area contributed by atoms with Crippen LogP contribution in [0.3, 0.4) is 0 Å². The van der Waals surface area contributed by atoms with E-state index in [4.69, 9.17) is 0 Å². The van der Waals surface area contributed by atoms with Crippen molar-refractivity contribution in [2.45, 2.75) is 25.9 Å². The molecule has 21 heavy (non-hydrogen) atoms. The topological polar surface area (TPSA) is 63.0 Å². The van der Waals surface area contributed by atoms with Crippen molar-refractivity contribution >= 4 is 16.7 Å². The molecule has 3 aromatic rings. The monoisotopic (exact) mass is 296 g/mol. The zero-order valence-electron chi connectivity index (χ0n) is 11.0. The number of rotatable bonds is 2. The largest absolute Gasteiger partial charge is 0.416 e. The number of H-pyrrole nitrogens is 1. The second-order valence-corrected chi connectivity index (χ2v) is 4.71. The molecule has 110 valence electrons. The van der Waals surface area contributed by atoms with Gasteiger partial charge in [0.25, 0.3) is 5.56 Å². The van der Waals surface area contributed by atoms with Crippen LogP contribution >= 0.6 is 0 Å². The number of aromatic nitrogens is 4. The van der Waals surface area contributed by atoms with Crippen molar-refractivity contribution < 1.29 is 13.2 Å². The molecule has 3 rings (SSSR count). The summed E-state index contributed by atoms with van der Waals surface area (Å²) in [7, 11) is 0. The number of halogens is 3. The Morgan fingerprint density at radius 3 is 2.71 bits per heavy atom. The van der Waals surface area contributed by atoms with Gasteiger partial charge in [0.15, 0.2) is 0 Å². The van der Waals surface area contributed by atoms with Crippen LogP contribution in [0.25, 0.3) is 16.7 Å². The maximum atomic E-state index is 12.7. The normalized spacial score (nSPS) is 12.4. The number of nitrogens with zero attached hydrogens (tertiary/aromatic N) is 3. The predicted molar refractivity (Wildman–Crippen MR) is 70.1 cm³/mol. The van der Waals surface area contributed by atoms with Gasteiger partial charge in [0.05, 0.1) is 16.6 Å². The van der Waals surface area contributed by atoms with Gasteiger partial charge < -0.3 is 4.98 Å². The zero-order valence-corrected chi connectivity index (χ0v) is 11.0. The van der Waals surface area contributed by atoms with Gasteiger partial charge in [-0.2, -0.15) is 13.2 Å². The van der Waals surface area contributed by atoms with Gasteiger partial charge in [0, 0.05) is 6.42 Å². The summed E-state index contributed by atoms with van der Waals surface area (Å²) in [4.78, 5) is 14.3. The van der Waals surface area contributed by atoms with E-state index in [1.165, 1.54) is 10.5 Å². The van der Waals surface area contributed by atoms with E-state index in [0.29, 0.717) is 17.8 Å². The Hall–Kier alpha value is -2.38. The van der Waals surface area contributed by atoms with E-state index in [2.05, 4.69) is 15.2 Å². The molecule has 0 spiro atoms. The molecule has 0 fully saturated rings. The maximum Gasteiger partial charge on any atom is 0.416 e. The summed E-state index contributed by atoms with van der Waals surface area (Å²) in [6.07, 6.45) is -3.09. The Bertz CT molecular complexity index is 879. The minimum absolute atomic E-state index is 0.0886. The van der Waals surface area contributed by atoms with Crippen LogP contribution < -0.4 is 5.56 Å². The Morgan fingerprint density at radius 1 is 1.29 bits per heavy atom. The van der Waals surface area contributed by atoms with Crippen LogP contribution in [-0.2, 0) is 12.6 Å². The van der Waals surface area contributed by atoms with Gasteiger partial charge in [0.2, 0.25) is 5.65 Å². The zero-order chi connectivity index (χ0) is 15.2. The predicted octanol–water partition coefficient (Wildman–Crippen LogP) is 2.54. The molecule has 8 heteroatoms. The quantitative estimate of drug-likeness (QED) is 0.790. The highest BCUT2D eigenvalue weighted by molar-refractivity contribution is 5.78. The van der Waals surface area contributed by atoms with E-state index >= 15 is 0 Å². The maximum absolute atomic E-state index is 12.7. The summed E-state index contributed by atoms with van der Waals surface area (Å²) in [6.45, 7) is 1.94. The van der Waals surface area contributed by atoms with Crippen molar-refractivity contribution in [2.24, 2.45) is 0 Å². The number of benzene rings is 1. The first-order valence-electron chi connectivity index (χ1n) is 6.39. The SMILES string of the molecule is CCCc1nnc2c(=O)[nH]c3cc(C(F)(F)F)ccc3n12. The van der Waals surface area contributed by atoms with Crippen molar-refractivity contribution in [1.82, 2.24) is 19.6 Å². The molecule has 0 amide bonds. The minimum atomic E-state index is -4.46. The van der Waals surface area contributed by atoms with E-state index in [9.17, 15) is 18.0 Å². The summed E-state index contributed by atoms with van der Waals surface area (Å²) < 4.78 is 39.8. The number of hydrogen-bond acceptors (Lipinski definition) is 3. The van der Waals surface area contributed by atoms with E-state index in [-0.39, 0.29) is 11.2 Å². The van der Waals surface area contributed by atoms with E-state index < -0.39 is 17.3 Å². The van der Waals surface area contributed by atoms with Gasteiger partial charge in [-0.3, -0.25) is 9.20 Å². The lowest BCUT2D eigenvalue weighted by Gasteiger charge is -2.09. The molecule has 0 bridgehead atoms. The molecule has 0 aliphatic heterocycles. The smallest absolute Gasteiger partial charge is 0.317 e. The fourth-order valence-corrected chi connectivity index (χ4v) is 2.29. The summed E-state index contributed by atoms with van der Waals surface area (Å²) >= 11 is 0. The van der Waals surface area contributed by atoms with Gasteiger partial charge in [0.1, 0.15) is 5.82 Å². The van der Waals surface area contributed by atoms with E-state index in [1.807, 2.05) is 6.92 Å². The molecule has 0 unspecified atom stereocenters. The summed E-state index contributed by atoms with van der Waals surface area (Å²) in [5, 5.41) is 7.74. The van der Waals surface area contributed by atoms with Crippen molar-refractivity contribution in [3.8, 4) is 0 Å². The molecule has 0 atom stereocenters. The second kappa shape index (κ2) is 4.57. The van der Waals surface area contributed by atoms with Crippen molar-refractivity contribution in [2.75, 3.05) is 0 Å². The van der Waals surface area contributed by atoms with Crippen molar-refractivity contribution in [3.63, 3.8) is 0 Å². The second-order valence-electron chi connectivity index (χ2n) is 4.71. The number of aromatic amines is 1. The molecule has 5 nitrogen and oxygen atoms in total. The van der Waals surface area contributed by atoms with Crippen LogP contribution in [0.15, 0.2) is 23.0 Å². The fourth-order valence-electron chi connectivity index (χ4n) is 2.29. The third kappa shape index (κ3) is 2.16. The van der Waals surface area contributed by atoms with Crippen LogP contribution in [0.1, 0.15) is 24.7 Å². The fraction of sp³-hybridized carbons (Fsp3) is 0.308. The lowest BCUT2D eigenvalue weighted by atomic mass is 10.2. The third-order valence-electron chi connectivity index (χ3n) is 3.22. The van der Waals surface area contributed by atoms with Gasteiger partial charge in [-0.1, -0.05) is 6.92 Å². The molecular formula is C13H11F3N4O. The van der Waals surface area contributed by atoms with Gasteiger partial charge in [-0.25, -0.2) is 0 Å². The first-order chi connectivity index (χ1) is 9.91. The summed E-state index contributed by atoms with van der Waals surface area (Å²) in [6, 6.07) is 3.23. The minimum Gasteiger partial charge on any atom is -0.317 e. The molecule has 0 aliphatic rings. The Kier molecular flexibility index (Phi) is 2.96. The Labute approximate surface area is 116 Å². The summed E-state index contributed by atoms with van der Waals surface area (Å²) in [5.41, 5.74) is -0.719. The first kappa shape index (κ1) is 13.6. The lowest BCUT2D eigenvalue weighted by molar-refractivity contribution is -0.137. The summed E-state index contributed by atoms with van der Waals surface area (Å²) in [5.74, 6) is 0.559. The van der Waals surface area contributed by atoms with Gasteiger partial charge in [-0.15, -0.1) is 10.2 Å². The average Bonchev–Trinajstić information content (AvgIpc) is 2.82. The molecular weight excluding hydrogens is 285 g/mol. The number of aryl methyl sites for hydroxylation is 1. The van der Waals surface area contributed by atoms with Crippen molar-refractivity contribution in [1.29, 1.82) is 0 Å². The average molecular weight is 296 g/mol. The standard InChI is InChI=1S/C13H11F3N4O/c1-2-3-10-18-19-11-12(21)17-8-6-7(13(14,15)16)4-5-9(8)20(10)11/h4-6H,2-3H2,1H3,(H,17,21). The highest BCUT2D eigenvalue weighted by Gasteiger charge is 2.30. The highest BCUT2D eigenvalue weighted by Crippen LogP contribution is 2.30. The molecule has 1 aromatic carbocycles. The van der Waals surface area contributed by atoms with Gasteiger partial charge >= 0.3 is 6.18 Å². The Morgan fingerprint density at radius 2 is 2.05 bits per heavy atom. The number of nitrogens with one attached hydrogen (secondary N) is 1. The molecule has 2 aromatic heterocycles. The van der Waals surface area contributed by atoms with Crippen LogP contribution in [0.2, 0.25) is 0 Å². The molecule has 2 heterocycles. The number of hydrogen-bond donors (Lipinski definition) is 1. The van der Waals surface area contributed by atoms with Crippen LogP contribution in [0, 0.1) is 0 Å². The lowest BCUT2D eigenvalue weighted by Crippen LogP contribution is -2.13. The molecule has 1 N–H and O–H groups in total. The number of fused-ring (bicyclic) bond motifs is 3. The number of alkyl halides is 3.